The number of nitrogens with one attached hydrogen (secondary N) is 2. The number of rotatable bonds is 4. The molecule has 170 valence electrons. The van der Waals surface area contributed by atoms with E-state index in [4.69, 9.17) is 0 Å². The van der Waals surface area contributed by atoms with Crippen LogP contribution in [0.1, 0.15) is 56.9 Å². The van der Waals surface area contributed by atoms with E-state index in [1.165, 1.54) is 19.3 Å². The number of hydrogen-bond acceptors (Lipinski definition) is 4. The average molecular weight is 429 g/mol. The van der Waals surface area contributed by atoms with Gasteiger partial charge in [-0.1, -0.05) is 31.4 Å². The van der Waals surface area contributed by atoms with Crippen LogP contribution in [0.3, 0.4) is 0 Å². The SMILES string of the molecule is Cc1cccc(NC(=O)N2CCC(N3C[C@H](O)C[C@H]3C(=O)NC3CCCCC3)CC2)c1. The number of nitrogens with zero attached hydrogens (tertiary/aromatic N) is 2. The molecule has 2 atom stereocenters. The number of aryl methyl sites for hydroxylation is 1. The molecular weight excluding hydrogens is 392 g/mol. The number of amides is 3. The fourth-order valence-electron chi connectivity index (χ4n) is 5.37. The van der Waals surface area contributed by atoms with Crippen molar-refractivity contribution in [2.45, 2.75) is 82.5 Å². The third-order valence-electron chi connectivity index (χ3n) is 7.06. The monoisotopic (exact) mass is 428 g/mol. The molecular formula is C24H36N4O3. The third kappa shape index (κ3) is 5.57. The number of hydrogen-bond donors (Lipinski definition) is 3. The smallest absolute Gasteiger partial charge is 0.321 e. The molecule has 0 bridgehead atoms. The molecule has 7 heteroatoms. The van der Waals surface area contributed by atoms with Crippen molar-refractivity contribution in [1.29, 1.82) is 0 Å². The number of aliphatic hydroxyl groups is 1. The summed E-state index contributed by atoms with van der Waals surface area (Å²) in [6.07, 6.45) is 7.46. The minimum atomic E-state index is -0.454. The highest BCUT2D eigenvalue weighted by Crippen LogP contribution is 2.28. The Morgan fingerprint density at radius 1 is 1.06 bits per heavy atom. The van der Waals surface area contributed by atoms with Gasteiger partial charge in [0.05, 0.1) is 12.1 Å². The molecule has 7 nitrogen and oxygen atoms in total. The Bertz CT molecular complexity index is 772. The molecule has 1 saturated carbocycles. The van der Waals surface area contributed by atoms with Crippen molar-refractivity contribution in [3.05, 3.63) is 29.8 Å². The molecule has 0 aromatic heterocycles. The van der Waals surface area contributed by atoms with Crippen LogP contribution < -0.4 is 10.6 Å². The highest BCUT2D eigenvalue weighted by atomic mass is 16.3. The number of benzene rings is 1. The van der Waals surface area contributed by atoms with E-state index < -0.39 is 6.10 Å². The Hall–Kier alpha value is -2.12. The van der Waals surface area contributed by atoms with Gasteiger partial charge in [0.2, 0.25) is 5.91 Å². The standard InChI is InChI=1S/C24H36N4O3/c1-17-6-5-9-19(14-17)26-24(31)27-12-10-20(11-13-27)28-16-21(29)15-22(28)23(30)25-18-7-3-2-4-8-18/h5-6,9,14,18,20-22,29H,2-4,7-8,10-13,15-16H2,1H3,(H,25,30)(H,26,31)/t21-,22+/m1/s1. The van der Waals surface area contributed by atoms with Gasteiger partial charge in [-0.2, -0.15) is 0 Å². The number of anilines is 1. The van der Waals surface area contributed by atoms with E-state index in [-0.39, 0.29) is 30.1 Å². The molecule has 1 aliphatic carbocycles. The zero-order valence-electron chi connectivity index (χ0n) is 18.6. The van der Waals surface area contributed by atoms with Crippen LogP contribution in [-0.4, -0.2) is 70.7 Å². The molecule has 2 heterocycles. The maximum Gasteiger partial charge on any atom is 0.321 e. The summed E-state index contributed by atoms with van der Waals surface area (Å²) in [5.74, 6) is 0.0723. The molecule has 0 unspecified atom stereocenters. The number of carbonyl (C=O) groups excluding carboxylic acids is 2. The minimum absolute atomic E-state index is 0.0721. The first kappa shape index (κ1) is 22.1. The Balaban J connectivity index is 1.30. The molecule has 3 aliphatic rings. The first-order chi connectivity index (χ1) is 15.0. The molecule has 2 saturated heterocycles. The van der Waals surface area contributed by atoms with Crippen molar-refractivity contribution in [2.75, 3.05) is 25.0 Å². The zero-order valence-corrected chi connectivity index (χ0v) is 18.6. The summed E-state index contributed by atoms with van der Waals surface area (Å²) in [7, 11) is 0. The van der Waals surface area contributed by atoms with Crippen molar-refractivity contribution in [3.8, 4) is 0 Å². The summed E-state index contributed by atoms with van der Waals surface area (Å²) >= 11 is 0. The lowest BCUT2D eigenvalue weighted by molar-refractivity contribution is -0.127. The van der Waals surface area contributed by atoms with Crippen molar-refractivity contribution < 1.29 is 14.7 Å². The average Bonchev–Trinajstić information content (AvgIpc) is 3.16. The van der Waals surface area contributed by atoms with Crippen LogP contribution in [0.15, 0.2) is 24.3 Å². The number of carbonyl (C=O) groups is 2. The van der Waals surface area contributed by atoms with Crippen LogP contribution in [0.2, 0.25) is 0 Å². The van der Waals surface area contributed by atoms with Gasteiger partial charge in [-0.15, -0.1) is 0 Å². The van der Waals surface area contributed by atoms with E-state index in [2.05, 4.69) is 15.5 Å². The number of aliphatic hydroxyl groups excluding tert-OH is 1. The Morgan fingerprint density at radius 3 is 2.52 bits per heavy atom. The second-order valence-corrected chi connectivity index (χ2v) is 9.46. The van der Waals surface area contributed by atoms with Gasteiger partial charge >= 0.3 is 6.03 Å². The third-order valence-corrected chi connectivity index (χ3v) is 7.06. The molecule has 31 heavy (non-hydrogen) atoms. The van der Waals surface area contributed by atoms with Crippen molar-refractivity contribution in [3.63, 3.8) is 0 Å². The lowest BCUT2D eigenvalue weighted by Gasteiger charge is -2.39. The van der Waals surface area contributed by atoms with E-state index in [1.807, 2.05) is 36.1 Å². The molecule has 3 N–H and O–H groups in total. The largest absolute Gasteiger partial charge is 0.392 e. The summed E-state index contributed by atoms with van der Waals surface area (Å²) in [6.45, 7) is 3.87. The van der Waals surface area contributed by atoms with Crippen LogP contribution in [0, 0.1) is 6.92 Å². The van der Waals surface area contributed by atoms with Gasteiger partial charge in [0, 0.05) is 37.4 Å². The molecule has 0 spiro atoms. The highest BCUT2D eigenvalue weighted by molar-refractivity contribution is 5.89. The number of piperidine rings is 1. The second-order valence-electron chi connectivity index (χ2n) is 9.46. The van der Waals surface area contributed by atoms with Crippen LogP contribution in [0.25, 0.3) is 0 Å². The fourth-order valence-corrected chi connectivity index (χ4v) is 5.37. The van der Waals surface area contributed by atoms with E-state index in [9.17, 15) is 14.7 Å². The quantitative estimate of drug-likeness (QED) is 0.688. The maximum absolute atomic E-state index is 13.0. The summed E-state index contributed by atoms with van der Waals surface area (Å²) in [5.41, 5.74) is 1.93. The van der Waals surface area contributed by atoms with Gasteiger partial charge < -0.3 is 20.6 Å². The van der Waals surface area contributed by atoms with Crippen LogP contribution in [0.4, 0.5) is 10.5 Å². The zero-order chi connectivity index (χ0) is 21.8. The lowest BCUT2D eigenvalue weighted by atomic mass is 9.95. The van der Waals surface area contributed by atoms with Gasteiger partial charge in [-0.3, -0.25) is 9.69 Å². The predicted molar refractivity (Wildman–Crippen MR) is 121 cm³/mol. The van der Waals surface area contributed by atoms with Crippen LogP contribution >= 0.6 is 0 Å². The van der Waals surface area contributed by atoms with E-state index in [0.29, 0.717) is 26.1 Å². The van der Waals surface area contributed by atoms with Gasteiger partial charge in [-0.05, 0) is 56.7 Å². The second kappa shape index (κ2) is 10.0. The summed E-state index contributed by atoms with van der Waals surface area (Å²) in [6, 6.07) is 7.99. The lowest BCUT2D eigenvalue weighted by Crippen LogP contribution is -2.53. The topological polar surface area (TPSA) is 84.9 Å². The predicted octanol–water partition coefficient (Wildman–Crippen LogP) is 2.88. The number of likely N-dealkylation sites (tertiary alicyclic amines) is 2. The fraction of sp³-hybridized carbons (Fsp3) is 0.667. The highest BCUT2D eigenvalue weighted by Gasteiger charge is 2.41. The van der Waals surface area contributed by atoms with Crippen molar-refractivity contribution >= 4 is 17.6 Å². The minimum Gasteiger partial charge on any atom is -0.392 e. The molecule has 3 fully saturated rings. The molecule has 1 aromatic rings. The maximum atomic E-state index is 13.0. The molecule has 0 radical (unpaired) electrons. The van der Waals surface area contributed by atoms with Crippen molar-refractivity contribution in [2.24, 2.45) is 0 Å². The van der Waals surface area contributed by atoms with Gasteiger partial charge in [-0.25, -0.2) is 4.79 Å². The van der Waals surface area contributed by atoms with Gasteiger partial charge in [0.1, 0.15) is 0 Å². The summed E-state index contributed by atoms with van der Waals surface area (Å²) in [5, 5.41) is 16.5. The first-order valence-corrected chi connectivity index (χ1v) is 11.9. The van der Waals surface area contributed by atoms with E-state index in [1.54, 1.807) is 0 Å². The summed E-state index contributed by atoms with van der Waals surface area (Å²) in [4.78, 5) is 29.7. The van der Waals surface area contributed by atoms with Gasteiger partial charge in [0.25, 0.3) is 0 Å². The van der Waals surface area contributed by atoms with Crippen LogP contribution in [0.5, 0.6) is 0 Å². The van der Waals surface area contributed by atoms with E-state index in [0.717, 1.165) is 36.9 Å². The van der Waals surface area contributed by atoms with Crippen molar-refractivity contribution in [1.82, 2.24) is 15.1 Å². The number of β-amino-alcohol motifs (C(OH)–C–C–N with tert-alkyl or cyclic N) is 1. The Kier molecular flexibility index (Phi) is 7.13. The van der Waals surface area contributed by atoms with Crippen LogP contribution in [-0.2, 0) is 4.79 Å². The Labute approximate surface area is 185 Å². The number of urea groups is 1. The molecule has 1 aromatic carbocycles. The van der Waals surface area contributed by atoms with Gasteiger partial charge in [0.15, 0.2) is 0 Å². The first-order valence-electron chi connectivity index (χ1n) is 11.9. The molecule has 4 rings (SSSR count). The van der Waals surface area contributed by atoms with E-state index >= 15 is 0 Å². The Morgan fingerprint density at radius 2 is 1.81 bits per heavy atom. The molecule has 2 aliphatic heterocycles. The molecule has 3 amide bonds. The summed E-state index contributed by atoms with van der Waals surface area (Å²) < 4.78 is 0. The normalized spacial score (nSPS) is 26.1.